The van der Waals surface area contributed by atoms with Crippen LogP contribution in [-0.2, 0) is 6.54 Å². The third-order valence-corrected chi connectivity index (χ3v) is 5.06. The molecule has 2 rings (SSSR count). The van der Waals surface area contributed by atoms with E-state index >= 15 is 0 Å². The van der Waals surface area contributed by atoms with E-state index in [2.05, 4.69) is 31.0 Å². The molecule has 2 unspecified atom stereocenters. The molecule has 0 aliphatic carbocycles. The summed E-state index contributed by atoms with van der Waals surface area (Å²) in [5.41, 5.74) is 0.762. The second-order valence-corrected chi connectivity index (χ2v) is 6.72. The van der Waals surface area contributed by atoms with E-state index in [0.29, 0.717) is 18.2 Å². The minimum absolute atomic E-state index is 0.0685. The first kappa shape index (κ1) is 16.7. The lowest BCUT2D eigenvalue weighted by molar-refractivity contribution is 0.0388. The van der Waals surface area contributed by atoms with Crippen LogP contribution in [0.1, 0.15) is 45.6 Å². The molecule has 1 aliphatic heterocycles. The SMILES string of the molecule is CCCC1CN(Cc2cccc(Cl)c2F)C(C)(CC)CN1. The number of hydrogen-bond acceptors (Lipinski definition) is 2. The van der Waals surface area contributed by atoms with Gasteiger partial charge in [0, 0.05) is 36.8 Å². The van der Waals surface area contributed by atoms with Gasteiger partial charge in [-0.25, -0.2) is 4.39 Å². The van der Waals surface area contributed by atoms with Crippen LogP contribution in [0.5, 0.6) is 0 Å². The fraction of sp³-hybridized carbons (Fsp3) is 0.647. The molecule has 4 heteroatoms. The average molecular weight is 313 g/mol. The van der Waals surface area contributed by atoms with Crippen molar-refractivity contribution < 1.29 is 4.39 Å². The number of nitrogens with zero attached hydrogens (tertiary/aromatic N) is 1. The predicted molar refractivity (Wildman–Crippen MR) is 87.2 cm³/mol. The summed E-state index contributed by atoms with van der Waals surface area (Å²) in [6.45, 7) is 9.20. The summed E-state index contributed by atoms with van der Waals surface area (Å²) in [4.78, 5) is 2.42. The molecule has 1 aromatic carbocycles. The molecule has 21 heavy (non-hydrogen) atoms. The van der Waals surface area contributed by atoms with E-state index in [0.717, 1.165) is 25.9 Å². The first-order chi connectivity index (χ1) is 10.00. The molecular formula is C17H26ClFN2. The van der Waals surface area contributed by atoms with Crippen molar-refractivity contribution in [3.05, 3.63) is 34.6 Å². The zero-order chi connectivity index (χ0) is 15.5. The summed E-state index contributed by atoms with van der Waals surface area (Å²) >= 11 is 5.91. The van der Waals surface area contributed by atoms with Gasteiger partial charge in [0.15, 0.2) is 0 Å². The average Bonchev–Trinajstić information content (AvgIpc) is 2.48. The van der Waals surface area contributed by atoms with Gasteiger partial charge in [-0.1, -0.05) is 44.0 Å². The Morgan fingerprint density at radius 3 is 2.86 bits per heavy atom. The van der Waals surface area contributed by atoms with Gasteiger partial charge in [0.25, 0.3) is 0 Å². The van der Waals surface area contributed by atoms with Gasteiger partial charge in [0.1, 0.15) is 5.82 Å². The number of benzene rings is 1. The van der Waals surface area contributed by atoms with Crippen molar-refractivity contribution >= 4 is 11.6 Å². The Bertz CT molecular complexity index is 480. The maximum atomic E-state index is 14.2. The standard InChI is InChI=1S/C17H26ClFN2/c1-4-7-14-11-21(17(3,5-2)12-20-14)10-13-8-6-9-15(18)16(13)19/h6,8-9,14,20H,4-5,7,10-12H2,1-3H3. The number of rotatable bonds is 5. The van der Waals surface area contributed by atoms with Crippen LogP contribution in [0.15, 0.2) is 18.2 Å². The van der Waals surface area contributed by atoms with E-state index < -0.39 is 0 Å². The van der Waals surface area contributed by atoms with E-state index in [-0.39, 0.29) is 16.4 Å². The second kappa shape index (κ2) is 7.08. The van der Waals surface area contributed by atoms with E-state index in [1.807, 2.05) is 12.1 Å². The van der Waals surface area contributed by atoms with Crippen LogP contribution in [0.3, 0.4) is 0 Å². The van der Waals surface area contributed by atoms with Crippen molar-refractivity contribution in [1.29, 1.82) is 0 Å². The monoisotopic (exact) mass is 312 g/mol. The lowest BCUT2D eigenvalue weighted by atomic mass is 9.90. The number of halogens is 2. The summed E-state index contributed by atoms with van der Waals surface area (Å²) in [6.07, 6.45) is 3.37. The van der Waals surface area contributed by atoms with Gasteiger partial charge in [0.05, 0.1) is 5.02 Å². The highest BCUT2D eigenvalue weighted by atomic mass is 35.5. The maximum absolute atomic E-state index is 14.2. The molecule has 0 aromatic heterocycles. The van der Waals surface area contributed by atoms with Crippen molar-refractivity contribution in [2.24, 2.45) is 0 Å². The van der Waals surface area contributed by atoms with Crippen molar-refractivity contribution in [3.63, 3.8) is 0 Å². The highest BCUT2D eigenvalue weighted by Crippen LogP contribution is 2.28. The Balaban J connectivity index is 2.18. The first-order valence-corrected chi connectivity index (χ1v) is 8.29. The number of piperazine rings is 1. The molecule has 1 N–H and O–H groups in total. The normalized spacial score (nSPS) is 27.0. The molecule has 1 saturated heterocycles. The van der Waals surface area contributed by atoms with Crippen LogP contribution in [0.2, 0.25) is 5.02 Å². The largest absolute Gasteiger partial charge is 0.311 e. The van der Waals surface area contributed by atoms with E-state index in [9.17, 15) is 4.39 Å². The summed E-state index contributed by atoms with van der Waals surface area (Å²) in [5.74, 6) is -0.275. The fourth-order valence-electron chi connectivity index (χ4n) is 3.05. The Labute approximate surface area is 132 Å². The molecule has 1 fully saturated rings. The summed E-state index contributed by atoms with van der Waals surface area (Å²) < 4.78 is 14.2. The molecule has 0 saturated carbocycles. The van der Waals surface area contributed by atoms with Crippen LogP contribution in [0, 0.1) is 5.82 Å². The third kappa shape index (κ3) is 3.77. The summed E-state index contributed by atoms with van der Waals surface area (Å²) in [5, 5.41) is 3.86. The van der Waals surface area contributed by atoms with Gasteiger partial charge >= 0.3 is 0 Å². The second-order valence-electron chi connectivity index (χ2n) is 6.31. The van der Waals surface area contributed by atoms with Gasteiger partial charge in [-0.2, -0.15) is 0 Å². The molecule has 1 heterocycles. The fourth-order valence-corrected chi connectivity index (χ4v) is 3.24. The molecule has 118 valence electrons. The van der Waals surface area contributed by atoms with Gasteiger partial charge in [-0.3, -0.25) is 4.90 Å². The molecule has 2 atom stereocenters. The molecule has 0 amide bonds. The number of nitrogens with one attached hydrogen (secondary N) is 1. The molecule has 1 aromatic rings. The minimum atomic E-state index is -0.275. The van der Waals surface area contributed by atoms with E-state index in [1.54, 1.807) is 6.07 Å². The van der Waals surface area contributed by atoms with Crippen LogP contribution in [0.4, 0.5) is 4.39 Å². The first-order valence-electron chi connectivity index (χ1n) is 7.91. The van der Waals surface area contributed by atoms with Gasteiger partial charge in [-0.05, 0) is 25.8 Å². The molecule has 0 radical (unpaired) electrons. The highest BCUT2D eigenvalue weighted by Gasteiger charge is 2.36. The minimum Gasteiger partial charge on any atom is -0.311 e. The van der Waals surface area contributed by atoms with Gasteiger partial charge in [-0.15, -0.1) is 0 Å². The van der Waals surface area contributed by atoms with E-state index in [1.165, 1.54) is 6.42 Å². The quantitative estimate of drug-likeness (QED) is 0.875. The van der Waals surface area contributed by atoms with Crippen molar-refractivity contribution in [3.8, 4) is 0 Å². The maximum Gasteiger partial charge on any atom is 0.146 e. The van der Waals surface area contributed by atoms with Crippen LogP contribution < -0.4 is 5.32 Å². The summed E-state index contributed by atoms with van der Waals surface area (Å²) in [6, 6.07) is 5.78. The zero-order valence-corrected chi connectivity index (χ0v) is 14.0. The Morgan fingerprint density at radius 2 is 2.19 bits per heavy atom. The van der Waals surface area contributed by atoms with Crippen LogP contribution in [-0.4, -0.2) is 29.6 Å². The number of hydrogen-bond donors (Lipinski definition) is 1. The molecule has 0 spiro atoms. The van der Waals surface area contributed by atoms with Crippen LogP contribution in [0.25, 0.3) is 0 Å². The van der Waals surface area contributed by atoms with Crippen LogP contribution >= 0.6 is 11.6 Å². The van der Waals surface area contributed by atoms with Gasteiger partial charge in [0.2, 0.25) is 0 Å². The Hall–Kier alpha value is -0.640. The Kier molecular flexibility index (Phi) is 5.64. The molecule has 0 bridgehead atoms. The smallest absolute Gasteiger partial charge is 0.146 e. The van der Waals surface area contributed by atoms with Crippen molar-refractivity contribution in [2.75, 3.05) is 13.1 Å². The Morgan fingerprint density at radius 1 is 1.43 bits per heavy atom. The lowest BCUT2D eigenvalue weighted by Crippen LogP contribution is -2.62. The predicted octanol–water partition coefficient (Wildman–Crippen LogP) is 4.22. The van der Waals surface area contributed by atoms with Crippen molar-refractivity contribution in [1.82, 2.24) is 10.2 Å². The highest BCUT2D eigenvalue weighted by molar-refractivity contribution is 6.30. The molecule has 1 aliphatic rings. The zero-order valence-electron chi connectivity index (χ0n) is 13.3. The van der Waals surface area contributed by atoms with Gasteiger partial charge < -0.3 is 5.32 Å². The summed E-state index contributed by atoms with van der Waals surface area (Å²) in [7, 11) is 0. The molecule has 2 nitrogen and oxygen atoms in total. The third-order valence-electron chi connectivity index (χ3n) is 4.77. The topological polar surface area (TPSA) is 15.3 Å². The van der Waals surface area contributed by atoms with E-state index in [4.69, 9.17) is 11.6 Å². The lowest BCUT2D eigenvalue weighted by Gasteiger charge is -2.48. The van der Waals surface area contributed by atoms with Crippen molar-refractivity contribution in [2.45, 2.75) is 58.2 Å². The molecular weight excluding hydrogens is 287 g/mol.